The summed E-state index contributed by atoms with van der Waals surface area (Å²) in [7, 11) is 0. The summed E-state index contributed by atoms with van der Waals surface area (Å²) in [6.07, 6.45) is 1.54. The largest absolute Gasteiger partial charge is 0.467 e. The van der Waals surface area contributed by atoms with Crippen LogP contribution < -0.4 is 11.3 Å². The summed E-state index contributed by atoms with van der Waals surface area (Å²) >= 11 is 7.21. The Morgan fingerprint density at radius 1 is 1.17 bits per heavy atom. The Labute approximate surface area is 175 Å². The van der Waals surface area contributed by atoms with Crippen LogP contribution in [0.3, 0.4) is 0 Å². The number of fused-ring (bicyclic) bond motifs is 1. The van der Waals surface area contributed by atoms with Gasteiger partial charge >= 0.3 is 0 Å². The number of nitrogens with two attached hydrogens (primary N) is 1. The number of rotatable bonds is 6. The fraction of sp³-hybridized carbons (Fsp3) is 0.0952. The summed E-state index contributed by atoms with van der Waals surface area (Å²) in [5, 5.41) is 0.552. The zero-order valence-electron chi connectivity index (χ0n) is 15.1. The first-order valence-electron chi connectivity index (χ1n) is 8.76. The van der Waals surface area contributed by atoms with Crippen LogP contribution in [-0.4, -0.2) is 15.5 Å². The fourth-order valence-corrected chi connectivity index (χ4v) is 4.20. The molecule has 0 saturated heterocycles. The van der Waals surface area contributed by atoms with Crippen LogP contribution in [0.15, 0.2) is 81.3 Å². The van der Waals surface area contributed by atoms with Crippen LogP contribution in [0.5, 0.6) is 0 Å². The first kappa shape index (κ1) is 19.3. The molecule has 0 aliphatic heterocycles. The number of primary amides is 1. The quantitative estimate of drug-likeness (QED) is 0.372. The number of benzene rings is 2. The Bertz CT molecular complexity index is 1220. The number of carbonyl (C=O) groups is 1. The SMILES string of the molecule is NC(=O)C(Sc1nc2cc(Cl)ccc2c(=O)n1Cc1ccco1)c1ccccc1. The lowest BCUT2D eigenvalue weighted by molar-refractivity contribution is -0.117. The zero-order chi connectivity index (χ0) is 20.4. The number of thioether (sulfide) groups is 1. The van der Waals surface area contributed by atoms with Gasteiger partial charge in [-0.3, -0.25) is 14.2 Å². The van der Waals surface area contributed by atoms with Crippen molar-refractivity contribution in [3.63, 3.8) is 0 Å². The highest BCUT2D eigenvalue weighted by Crippen LogP contribution is 2.34. The molecule has 2 aromatic carbocycles. The molecule has 0 saturated carbocycles. The van der Waals surface area contributed by atoms with Crippen molar-refractivity contribution >= 4 is 40.2 Å². The molecule has 0 radical (unpaired) electrons. The molecule has 4 rings (SSSR count). The third-order valence-corrected chi connectivity index (χ3v) is 5.86. The first-order valence-corrected chi connectivity index (χ1v) is 10.0. The summed E-state index contributed by atoms with van der Waals surface area (Å²) in [5.41, 5.74) is 6.60. The Balaban J connectivity index is 1.86. The summed E-state index contributed by atoms with van der Waals surface area (Å²) in [4.78, 5) is 30.0. The molecular formula is C21H16ClN3O3S. The highest BCUT2D eigenvalue weighted by molar-refractivity contribution is 8.00. The van der Waals surface area contributed by atoms with Gasteiger partial charge in [-0.1, -0.05) is 53.7 Å². The smallest absolute Gasteiger partial charge is 0.262 e. The number of carbonyl (C=O) groups excluding carboxylic acids is 1. The molecule has 0 spiro atoms. The van der Waals surface area contributed by atoms with Crippen LogP contribution in [0.1, 0.15) is 16.6 Å². The molecule has 0 aliphatic rings. The number of hydrogen-bond donors (Lipinski definition) is 1. The van der Waals surface area contributed by atoms with Gasteiger partial charge < -0.3 is 10.2 Å². The molecular weight excluding hydrogens is 410 g/mol. The van der Waals surface area contributed by atoms with Crippen LogP contribution in [0, 0.1) is 0 Å². The molecule has 6 nitrogen and oxygen atoms in total. The molecule has 1 atom stereocenters. The van der Waals surface area contributed by atoms with Gasteiger partial charge in [0.15, 0.2) is 5.16 Å². The van der Waals surface area contributed by atoms with E-state index in [0.717, 1.165) is 17.3 Å². The number of nitrogens with zero attached hydrogens (tertiary/aromatic N) is 2. The minimum absolute atomic E-state index is 0.181. The summed E-state index contributed by atoms with van der Waals surface area (Å²) in [6, 6.07) is 17.6. The molecule has 0 bridgehead atoms. The molecule has 8 heteroatoms. The molecule has 2 N–H and O–H groups in total. The zero-order valence-corrected chi connectivity index (χ0v) is 16.7. The monoisotopic (exact) mass is 425 g/mol. The topological polar surface area (TPSA) is 91.1 Å². The maximum absolute atomic E-state index is 13.2. The van der Waals surface area contributed by atoms with Gasteiger partial charge in [-0.2, -0.15) is 0 Å². The third kappa shape index (κ3) is 4.06. The van der Waals surface area contributed by atoms with Gasteiger partial charge in [0, 0.05) is 5.02 Å². The van der Waals surface area contributed by atoms with E-state index >= 15 is 0 Å². The van der Waals surface area contributed by atoms with Crippen LogP contribution in [0.4, 0.5) is 0 Å². The summed E-state index contributed by atoms with van der Waals surface area (Å²) in [5.74, 6) is 0.0746. The van der Waals surface area contributed by atoms with Crippen molar-refractivity contribution in [2.24, 2.45) is 5.73 Å². The van der Waals surface area contributed by atoms with E-state index < -0.39 is 11.2 Å². The van der Waals surface area contributed by atoms with E-state index in [4.69, 9.17) is 21.8 Å². The predicted molar refractivity (Wildman–Crippen MR) is 113 cm³/mol. The van der Waals surface area contributed by atoms with Crippen molar-refractivity contribution in [3.05, 3.63) is 93.6 Å². The van der Waals surface area contributed by atoms with Gasteiger partial charge in [0.05, 0.1) is 23.7 Å². The molecule has 0 fully saturated rings. The van der Waals surface area contributed by atoms with E-state index in [1.54, 1.807) is 30.3 Å². The normalized spacial score (nSPS) is 12.2. The van der Waals surface area contributed by atoms with E-state index in [-0.39, 0.29) is 12.1 Å². The number of aromatic nitrogens is 2. The van der Waals surface area contributed by atoms with Crippen molar-refractivity contribution in [3.8, 4) is 0 Å². The molecule has 29 heavy (non-hydrogen) atoms. The van der Waals surface area contributed by atoms with Crippen LogP contribution in [0.2, 0.25) is 5.02 Å². The Morgan fingerprint density at radius 2 is 1.97 bits per heavy atom. The van der Waals surface area contributed by atoms with Gasteiger partial charge in [0.2, 0.25) is 5.91 Å². The molecule has 2 aromatic heterocycles. The minimum Gasteiger partial charge on any atom is -0.467 e. The van der Waals surface area contributed by atoms with Crippen LogP contribution in [-0.2, 0) is 11.3 Å². The van der Waals surface area contributed by atoms with Gasteiger partial charge in [-0.05, 0) is 35.9 Å². The van der Waals surface area contributed by atoms with E-state index in [1.165, 1.54) is 10.8 Å². The number of hydrogen-bond acceptors (Lipinski definition) is 5. The van der Waals surface area contributed by atoms with Crippen molar-refractivity contribution in [1.29, 1.82) is 0 Å². The molecule has 146 valence electrons. The van der Waals surface area contributed by atoms with Gasteiger partial charge in [0.1, 0.15) is 11.0 Å². The van der Waals surface area contributed by atoms with Gasteiger partial charge in [-0.15, -0.1) is 0 Å². The lowest BCUT2D eigenvalue weighted by Gasteiger charge is -2.17. The number of amides is 1. The predicted octanol–water partition coefficient (Wildman–Crippen LogP) is 4.01. The molecule has 2 heterocycles. The highest BCUT2D eigenvalue weighted by Gasteiger charge is 2.23. The standard InChI is InChI=1S/C21H16ClN3O3S/c22-14-8-9-16-17(11-14)24-21(25(20(16)27)12-15-7-4-10-28-15)29-18(19(23)26)13-5-2-1-3-6-13/h1-11,18H,12H2,(H2,23,26). The number of furan rings is 1. The summed E-state index contributed by atoms with van der Waals surface area (Å²) < 4.78 is 6.89. The second kappa shape index (κ2) is 8.14. The second-order valence-electron chi connectivity index (χ2n) is 6.34. The van der Waals surface area contributed by atoms with Gasteiger partial charge in [-0.25, -0.2) is 4.98 Å². The Kier molecular flexibility index (Phi) is 5.42. The lowest BCUT2D eigenvalue weighted by atomic mass is 10.1. The fourth-order valence-electron chi connectivity index (χ4n) is 2.99. The molecule has 4 aromatic rings. The van der Waals surface area contributed by atoms with E-state index in [1.807, 2.05) is 30.3 Å². The lowest BCUT2D eigenvalue weighted by Crippen LogP contribution is -2.26. The molecule has 0 aliphatic carbocycles. The summed E-state index contributed by atoms with van der Waals surface area (Å²) in [6.45, 7) is 0.181. The first-order chi connectivity index (χ1) is 14.0. The van der Waals surface area contributed by atoms with Gasteiger partial charge in [0.25, 0.3) is 5.56 Å². The Morgan fingerprint density at radius 3 is 2.66 bits per heavy atom. The van der Waals surface area contributed by atoms with E-state index in [9.17, 15) is 9.59 Å². The van der Waals surface area contributed by atoms with Crippen molar-refractivity contribution in [1.82, 2.24) is 9.55 Å². The minimum atomic E-state index is -0.706. The van der Waals surface area contributed by atoms with Crippen molar-refractivity contribution < 1.29 is 9.21 Å². The van der Waals surface area contributed by atoms with Crippen molar-refractivity contribution in [2.75, 3.05) is 0 Å². The average Bonchev–Trinajstić information content (AvgIpc) is 3.22. The van der Waals surface area contributed by atoms with Crippen LogP contribution >= 0.6 is 23.4 Å². The molecule has 1 unspecified atom stereocenters. The maximum Gasteiger partial charge on any atom is 0.262 e. The average molecular weight is 426 g/mol. The maximum atomic E-state index is 13.2. The second-order valence-corrected chi connectivity index (χ2v) is 7.85. The Hall–Kier alpha value is -3.03. The highest BCUT2D eigenvalue weighted by atomic mass is 35.5. The van der Waals surface area contributed by atoms with E-state index in [0.29, 0.717) is 26.8 Å². The number of halogens is 1. The molecule has 1 amide bonds. The van der Waals surface area contributed by atoms with E-state index in [2.05, 4.69) is 4.98 Å². The third-order valence-electron chi connectivity index (χ3n) is 4.36. The van der Waals surface area contributed by atoms with Crippen LogP contribution in [0.25, 0.3) is 10.9 Å². The van der Waals surface area contributed by atoms with Crippen molar-refractivity contribution in [2.45, 2.75) is 17.0 Å².